The first-order valence-electron chi connectivity index (χ1n) is 6.56. The van der Waals surface area contributed by atoms with Gasteiger partial charge >= 0.3 is 0 Å². The van der Waals surface area contributed by atoms with Gasteiger partial charge in [-0.15, -0.1) is 0 Å². The minimum atomic E-state index is -0.297. The van der Waals surface area contributed by atoms with Gasteiger partial charge in [0.25, 0.3) is 0 Å². The van der Waals surface area contributed by atoms with Gasteiger partial charge in [0.05, 0.1) is 6.61 Å². The van der Waals surface area contributed by atoms with Crippen molar-refractivity contribution in [3.63, 3.8) is 0 Å². The first kappa shape index (κ1) is 13.1. The third-order valence-electron chi connectivity index (χ3n) is 3.62. The maximum atomic E-state index is 13.5. The molecule has 1 aliphatic rings. The Morgan fingerprint density at radius 3 is 2.83 bits per heavy atom. The molecule has 0 spiro atoms. The van der Waals surface area contributed by atoms with Crippen molar-refractivity contribution in [2.45, 2.75) is 38.5 Å². The Labute approximate surface area is 107 Å². The van der Waals surface area contributed by atoms with Crippen molar-refractivity contribution < 1.29 is 13.9 Å². The van der Waals surface area contributed by atoms with Crippen LogP contribution in [0.2, 0.25) is 0 Å². The molecule has 1 aromatic carbocycles. The second-order valence-electron chi connectivity index (χ2n) is 5.13. The van der Waals surface area contributed by atoms with E-state index in [0.717, 1.165) is 11.8 Å². The molecule has 0 N–H and O–H groups in total. The molecule has 1 aliphatic carbocycles. The van der Waals surface area contributed by atoms with Crippen molar-refractivity contribution in [2.75, 3.05) is 6.61 Å². The topological polar surface area (TPSA) is 26.3 Å². The molecule has 0 bridgehead atoms. The van der Waals surface area contributed by atoms with Crippen LogP contribution in [-0.2, 0) is 4.79 Å². The summed E-state index contributed by atoms with van der Waals surface area (Å²) < 4.78 is 19.1. The molecule has 1 fully saturated rings. The summed E-state index contributed by atoms with van der Waals surface area (Å²) >= 11 is 0. The maximum absolute atomic E-state index is 13.5. The van der Waals surface area contributed by atoms with Crippen molar-refractivity contribution in [1.29, 1.82) is 0 Å². The number of benzene rings is 1. The molecule has 0 amide bonds. The fourth-order valence-electron chi connectivity index (χ4n) is 2.11. The van der Waals surface area contributed by atoms with Gasteiger partial charge in [0.2, 0.25) is 0 Å². The van der Waals surface area contributed by atoms with Crippen molar-refractivity contribution in [3.05, 3.63) is 29.6 Å². The van der Waals surface area contributed by atoms with Crippen LogP contribution < -0.4 is 4.74 Å². The molecule has 98 valence electrons. The second kappa shape index (κ2) is 5.98. The van der Waals surface area contributed by atoms with Crippen LogP contribution in [0.15, 0.2) is 18.2 Å². The van der Waals surface area contributed by atoms with Crippen LogP contribution in [0.3, 0.4) is 0 Å². The Kier molecular flexibility index (Phi) is 4.34. The van der Waals surface area contributed by atoms with Gasteiger partial charge in [-0.25, -0.2) is 4.39 Å². The normalized spacial score (nSPS) is 17.0. The van der Waals surface area contributed by atoms with Crippen LogP contribution in [0.4, 0.5) is 4.39 Å². The van der Waals surface area contributed by atoms with E-state index in [0.29, 0.717) is 24.7 Å². The smallest absolute Gasteiger partial charge is 0.127 e. The van der Waals surface area contributed by atoms with Gasteiger partial charge in [0, 0.05) is 12.5 Å². The van der Waals surface area contributed by atoms with Gasteiger partial charge in [-0.2, -0.15) is 0 Å². The predicted molar refractivity (Wildman–Crippen MR) is 68.3 cm³/mol. The second-order valence-corrected chi connectivity index (χ2v) is 5.13. The zero-order valence-electron chi connectivity index (χ0n) is 10.7. The Morgan fingerprint density at radius 2 is 2.22 bits per heavy atom. The molecule has 2 rings (SSSR count). The quantitative estimate of drug-likeness (QED) is 0.720. The van der Waals surface area contributed by atoms with E-state index in [-0.39, 0.29) is 11.7 Å². The fraction of sp³-hybridized carbons (Fsp3) is 0.533. The average Bonchev–Trinajstić information content (AvgIpc) is 2.26. The van der Waals surface area contributed by atoms with Crippen LogP contribution >= 0.6 is 0 Å². The number of carbonyl (C=O) groups excluding carboxylic acids is 1. The molecule has 18 heavy (non-hydrogen) atoms. The minimum Gasteiger partial charge on any atom is -0.493 e. The lowest BCUT2D eigenvalue weighted by Gasteiger charge is -2.25. The zero-order valence-corrected chi connectivity index (χ0v) is 10.7. The van der Waals surface area contributed by atoms with Crippen molar-refractivity contribution in [1.82, 2.24) is 0 Å². The van der Waals surface area contributed by atoms with Crippen molar-refractivity contribution >= 4 is 6.29 Å². The molecule has 0 saturated heterocycles. The number of hydrogen-bond donors (Lipinski definition) is 0. The Balaban J connectivity index is 2.02. The summed E-state index contributed by atoms with van der Waals surface area (Å²) in [6, 6.07) is 4.73. The lowest BCUT2D eigenvalue weighted by molar-refractivity contribution is -0.108. The number of hydrogen-bond acceptors (Lipinski definition) is 2. The molecule has 0 aromatic heterocycles. The molecule has 0 radical (unpaired) electrons. The summed E-state index contributed by atoms with van der Waals surface area (Å²) in [5.41, 5.74) is 0.825. The summed E-state index contributed by atoms with van der Waals surface area (Å²) in [7, 11) is 0. The van der Waals surface area contributed by atoms with Gasteiger partial charge in [-0.1, -0.05) is 13.3 Å². The third-order valence-corrected chi connectivity index (χ3v) is 3.62. The van der Waals surface area contributed by atoms with Crippen molar-refractivity contribution in [3.8, 4) is 5.75 Å². The SMILES string of the molecule is CC(CC=O)c1cc(F)cc(OCC2CCC2)c1. The van der Waals surface area contributed by atoms with Gasteiger partial charge < -0.3 is 9.53 Å². The number of halogens is 1. The molecule has 1 unspecified atom stereocenters. The first-order valence-corrected chi connectivity index (χ1v) is 6.56. The zero-order chi connectivity index (χ0) is 13.0. The molecule has 1 aromatic rings. The molecular formula is C15H19FO2. The van der Waals surface area contributed by atoms with Crippen LogP contribution in [0, 0.1) is 11.7 Å². The summed E-state index contributed by atoms with van der Waals surface area (Å²) in [5.74, 6) is 0.942. The van der Waals surface area contributed by atoms with Gasteiger partial charge in [0.1, 0.15) is 17.9 Å². The molecule has 0 aliphatic heterocycles. The van der Waals surface area contributed by atoms with Gasteiger partial charge in [-0.3, -0.25) is 0 Å². The molecular weight excluding hydrogens is 231 g/mol. The number of carbonyl (C=O) groups is 1. The van der Waals surface area contributed by atoms with E-state index >= 15 is 0 Å². The number of ether oxygens (including phenoxy) is 1. The standard InChI is InChI=1S/C15H19FO2/c1-11(5-6-17)13-7-14(16)9-15(8-13)18-10-12-3-2-4-12/h6-9,11-12H,2-5,10H2,1H3. The fourth-order valence-corrected chi connectivity index (χ4v) is 2.11. The Morgan fingerprint density at radius 1 is 1.44 bits per heavy atom. The highest BCUT2D eigenvalue weighted by atomic mass is 19.1. The van der Waals surface area contributed by atoms with E-state index in [4.69, 9.17) is 4.74 Å². The summed E-state index contributed by atoms with van der Waals surface area (Å²) in [6.45, 7) is 2.59. The van der Waals surface area contributed by atoms with Gasteiger partial charge in [0.15, 0.2) is 0 Å². The number of aldehydes is 1. The highest BCUT2D eigenvalue weighted by molar-refractivity contribution is 5.51. The van der Waals surface area contributed by atoms with E-state index in [9.17, 15) is 9.18 Å². The van der Waals surface area contributed by atoms with Crippen LogP contribution in [0.5, 0.6) is 5.75 Å². The monoisotopic (exact) mass is 250 g/mol. The van der Waals surface area contributed by atoms with Gasteiger partial charge in [-0.05, 0) is 42.4 Å². The maximum Gasteiger partial charge on any atom is 0.127 e. The summed E-state index contributed by atoms with van der Waals surface area (Å²) in [6.07, 6.45) is 4.97. The van der Waals surface area contributed by atoms with E-state index in [1.165, 1.54) is 31.4 Å². The summed E-state index contributed by atoms with van der Waals surface area (Å²) in [4.78, 5) is 10.5. The van der Waals surface area contributed by atoms with E-state index in [1.807, 2.05) is 13.0 Å². The minimum absolute atomic E-state index is 0.0317. The highest BCUT2D eigenvalue weighted by Gasteiger charge is 2.18. The van der Waals surface area contributed by atoms with Crippen LogP contribution in [-0.4, -0.2) is 12.9 Å². The highest BCUT2D eigenvalue weighted by Crippen LogP contribution is 2.29. The van der Waals surface area contributed by atoms with Crippen LogP contribution in [0.25, 0.3) is 0 Å². The lowest BCUT2D eigenvalue weighted by atomic mass is 9.86. The first-order chi connectivity index (χ1) is 8.69. The Hall–Kier alpha value is -1.38. The third kappa shape index (κ3) is 3.31. The largest absolute Gasteiger partial charge is 0.493 e. The van der Waals surface area contributed by atoms with E-state index < -0.39 is 0 Å². The van der Waals surface area contributed by atoms with Crippen LogP contribution in [0.1, 0.15) is 44.1 Å². The molecule has 3 heteroatoms. The lowest BCUT2D eigenvalue weighted by Crippen LogP contribution is -2.19. The molecule has 1 saturated carbocycles. The predicted octanol–water partition coefficient (Wildman–Crippen LogP) is 3.70. The van der Waals surface area contributed by atoms with E-state index in [2.05, 4.69) is 0 Å². The average molecular weight is 250 g/mol. The van der Waals surface area contributed by atoms with Crippen molar-refractivity contribution in [2.24, 2.45) is 5.92 Å². The number of rotatable bonds is 6. The molecule has 0 heterocycles. The molecule has 1 atom stereocenters. The Bertz CT molecular complexity index is 413. The summed E-state index contributed by atoms with van der Waals surface area (Å²) in [5, 5.41) is 0. The van der Waals surface area contributed by atoms with E-state index in [1.54, 1.807) is 0 Å². The molecule has 2 nitrogen and oxygen atoms in total.